The van der Waals surface area contributed by atoms with Gasteiger partial charge in [0.15, 0.2) is 5.96 Å². The van der Waals surface area contributed by atoms with Crippen molar-refractivity contribution in [1.82, 2.24) is 21.3 Å². The molecule has 0 fully saturated rings. The first-order valence-corrected chi connectivity index (χ1v) is 11.9. The first-order valence-electron chi connectivity index (χ1n) is 10.6. The number of carboxylic acid groups (broad SMARTS) is 1. The maximum atomic E-state index is 13.0. The van der Waals surface area contributed by atoms with Gasteiger partial charge in [0, 0.05) is 12.3 Å². The minimum absolute atomic E-state index is 0.0135. The van der Waals surface area contributed by atoms with E-state index in [4.69, 9.17) is 16.9 Å². The molecular weight excluding hydrogens is 470 g/mol. The number of amides is 3. The van der Waals surface area contributed by atoms with E-state index in [0.29, 0.717) is 13.0 Å². The second-order valence-electron chi connectivity index (χ2n) is 7.94. The topological polar surface area (TPSA) is 213 Å². The Morgan fingerprint density at radius 1 is 0.939 bits per heavy atom. The summed E-state index contributed by atoms with van der Waals surface area (Å²) in [5.74, 6) is -2.90. The summed E-state index contributed by atoms with van der Waals surface area (Å²) >= 11 is 7.99. The normalized spacial score (nSPS) is 14.5. The van der Waals surface area contributed by atoms with Gasteiger partial charge in [-0.25, -0.2) is 4.79 Å². The number of aliphatic carboxylic acids is 1. The Hall–Kier alpha value is -2.19. The Bertz CT molecular complexity index is 681. The lowest BCUT2D eigenvalue weighted by Gasteiger charge is -2.26. The molecule has 4 atom stereocenters. The van der Waals surface area contributed by atoms with Gasteiger partial charge in [0.1, 0.15) is 18.1 Å². The lowest BCUT2D eigenvalue weighted by atomic mass is 10.0. The zero-order valence-corrected chi connectivity index (χ0v) is 20.8. The predicted molar refractivity (Wildman–Crippen MR) is 132 cm³/mol. The highest BCUT2D eigenvalue weighted by molar-refractivity contribution is 7.80. The predicted octanol–water partition coefficient (Wildman–Crippen LogP) is -1.59. The molecule has 0 aromatic heterocycles. The Morgan fingerprint density at radius 2 is 1.48 bits per heavy atom. The summed E-state index contributed by atoms with van der Waals surface area (Å²) in [7, 11) is 0. The van der Waals surface area contributed by atoms with Gasteiger partial charge in [-0.15, -0.1) is 0 Å². The molecule has 0 bridgehead atoms. The van der Waals surface area contributed by atoms with Gasteiger partial charge < -0.3 is 37.8 Å². The van der Waals surface area contributed by atoms with Crippen LogP contribution in [0.25, 0.3) is 0 Å². The van der Waals surface area contributed by atoms with Gasteiger partial charge in [0.2, 0.25) is 17.7 Å². The summed E-state index contributed by atoms with van der Waals surface area (Å²) in [4.78, 5) is 49.3. The van der Waals surface area contributed by atoms with Crippen molar-refractivity contribution in [3.63, 3.8) is 0 Å². The fourth-order valence-electron chi connectivity index (χ4n) is 2.79. The molecule has 0 rings (SSSR count). The van der Waals surface area contributed by atoms with Gasteiger partial charge >= 0.3 is 5.97 Å². The van der Waals surface area contributed by atoms with E-state index in [1.807, 2.05) is 13.8 Å². The molecule has 3 amide bonds. The van der Waals surface area contributed by atoms with Crippen molar-refractivity contribution >= 4 is 54.9 Å². The molecule has 0 heterocycles. The molecule has 190 valence electrons. The summed E-state index contributed by atoms with van der Waals surface area (Å²) in [5, 5.41) is 26.7. The monoisotopic (exact) mass is 507 g/mol. The Labute approximate surface area is 205 Å². The summed E-state index contributed by atoms with van der Waals surface area (Å²) < 4.78 is 0. The van der Waals surface area contributed by atoms with Gasteiger partial charge in [-0.2, -0.15) is 25.3 Å². The molecule has 0 aliphatic heterocycles. The van der Waals surface area contributed by atoms with E-state index < -0.39 is 47.9 Å². The molecule has 0 radical (unpaired) electrons. The van der Waals surface area contributed by atoms with Crippen molar-refractivity contribution in [1.29, 1.82) is 5.41 Å². The van der Waals surface area contributed by atoms with E-state index in [2.05, 4.69) is 46.5 Å². The third-order valence-electron chi connectivity index (χ3n) is 4.52. The molecule has 33 heavy (non-hydrogen) atoms. The van der Waals surface area contributed by atoms with E-state index in [1.54, 1.807) is 0 Å². The van der Waals surface area contributed by atoms with Crippen LogP contribution in [0.4, 0.5) is 0 Å². The van der Waals surface area contributed by atoms with Gasteiger partial charge in [-0.05, 0) is 37.4 Å². The van der Waals surface area contributed by atoms with Gasteiger partial charge in [-0.1, -0.05) is 13.8 Å². The average Bonchev–Trinajstić information content (AvgIpc) is 2.73. The molecule has 10 N–H and O–H groups in total. The smallest absolute Gasteiger partial charge is 0.326 e. The highest BCUT2D eigenvalue weighted by Gasteiger charge is 2.30. The number of guanidine groups is 1. The first-order chi connectivity index (χ1) is 15.4. The number of hydrogen-bond donors (Lipinski definition) is 10. The van der Waals surface area contributed by atoms with Crippen LogP contribution in [-0.4, -0.2) is 77.0 Å². The molecule has 0 aliphatic carbocycles. The van der Waals surface area contributed by atoms with Crippen molar-refractivity contribution in [2.75, 3.05) is 18.1 Å². The molecule has 12 nitrogen and oxygen atoms in total. The van der Waals surface area contributed by atoms with Gasteiger partial charge in [-0.3, -0.25) is 19.8 Å². The number of rotatable bonds is 16. The van der Waals surface area contributed by atoms with Crippen LogP contribution in [0.1, 0.15) is 39.5 Å². The van der Waals surface area contributed by atoms with Crippen LogP contribution < -0.4 is 32.7 Å². The molecule has 0 aromatic rings. The number of carbonyl (C=O) groups is 4. The Kier molecular flexibility index (Phi) is 15.3. The fourth-order valence-corrected chi connectivity index (χ4v) is 3.22. The van der Waals surface area contributed by atoms with E-state index in [1.165, 1.54) is 0 Å². The largest absolute Gasteiger partial charge is 0.480 e. The molecule has 0 aliphatic rings. The number of carbonyl (C=O) groups excluding carboxylic acids is 3. The maximum absolute atomic E-state index is 13.0. The van der Waals surface area contributed by atoms with E-state index in [0.717, 1.165) is 0 Å². The Balaban J connectivity index is 5.43. The minimum Gasteiger partial charge on any atom is -0.480 e. The lowest BCUT2D eigenvalue weighted by molar-refractivity contribution is -0.142. The van der Waals surface area contributed by atoms with Crippen molar-refractivity contribution in [3.05, 3.63) is 0 Å². The van der Waals surface area contributed by atoms with Crippen molar-refractivity contribution < 1.29 is 24.3 Å². The zero-order chi connectivity index (χ0) is 25.6. The molecule has 14 heteroatoms. The second kappa shape index (κ2) is 16.4. The molecular formula is C19H37N7O5S2. The summed E-state index contributed by atoms with van der Waals surface area (Å²) in [5.41, 5.74) is 10.9. The van der Waals surface area contributed by atoms with E-state index in [-0.39, 0.29) is 42.6 Å². The van der Waals surface area contributed by atoms with Gasteiger partial charge in [0.05, 0.1) is 6.04 Å². The van der Waals surface area contributed by atoms with E-state index >= 15 is 0 Å². The molecule has 0 spiro atoms. The standard InChI is InChI=1S/C19H37N7O5S2/c1-10(2)8-14(17(29)25-13(5-7-32)18(30)31)26-16(28)12(4-3-6-23-19(21)22)24-15(27)11(20)9-33/h10-14,32-33H,3-9,20H2,1-2H3,(H,24,27)(H,25,29)(H,26,28)(H,30,31)(H4,21,22,23)/t11-,12-,13-,14-/m0/s1. The highest BCUT2D eigenvalue weighted by atomic mass is 32.1. The van der Waals surface area contributed by atoms with Crippen molar-refractivity contribution in [3.8, 4) is 0 Å². The van der Waals surface area contributed by atoms with E-state index in [9.17, 15) is 24.3 Å². The maximum Gasteiger partial charge on any atom is 0.326 e. The third kappa shape index (κ3) is 13.2. The molecule has 0 saturated heterocycles. The fraction of sp³-hybridized carbons (Fsp3) is 0.737. The average molecular weight is 508 g/mol. The SMILES string of the molecule is CC(C)C[C@H](NC(=O)[C@H](CCCNC(=N)N)NC(=O)[C@@H](N)CS)C(=O)N[C@@H](CCS)C(=O)O. The number of nitrogens with two attached hydrogens (primary N) is 2. The zero-order valence-electron chi connectivity index (χ0n) is 19.0. The number of thiol groups is 2. The molecule has 0 saturated carbocycles. The van der Waals surface area contributed by atoms with Crippen LogP contribution in [-0.2, 0) is 19.2 Å². The summed E-state index contributed by atoms with van der Waals surface area (Å²) in [6.45, 7) is 4.01. The first kappa shape index (κ1) is 30.8. The highest BCUT2D eigenvalue weighted by Crippen LogP contribution is 2.08. The number of carboxylic acids is 1. The Morgan fingerprint density at radius 3 is 1.97 bits per heavy atom. The summed E-state index contributed by atoms with van der Waals surface area (Å²) in [6, 6.07) is -4.07. The second-order valence-corrected chi connectivity index (χ2v) is 8.75. The van der Waals surface area contributed by atoms with Crippen LogP contribution in [0.5, 0.6) is 0 Å². The molecule has 0 unspecified atom stereocenters. The number of hydrogen-bond acceptors (Lipinski definition) is 8. The van der Waals surface area contributed by atoms with Crippen molar-refractivity contribution in [2.24, 2.45) is 17.4 Å². The van der Waals surface area contributed by atoms with Crippen LogP contribution in [0, 0.1) is 11.3 Å². The van der Waals surface area contributed by atoms with Crippen LogP contribution >= 0.6 is 25.3 Å². The minimum atomic E-state index is -1.20. The van der Waals surface area contributed by atoms with Crippen LogP contribution in [0.15, 0.2) is 0 Å². The summed E-state index contributed by atoms with van der Waals surface area (Å²) in [6.07, 6.45) is 0.951. The lowest BCUT2D eigenvalue weighted by Crippen LogP contribution is -2.57. The van der Waals surface area contributed by atoms with Crippen molar-refractivity contribution in [2.45, 2.75) is 63.7 Å². The van der Waals surface area contributed by atoms with Crippen LogP contribution in [0.3, 0.4) is 0 Å². The quantitative estimate of drug-likeness (QED) is 0.0508. The number of nitrogens with one attached hydrogen (secondary N) is 5. The van der Waals surface area contributed by atoms with Crippen LogP contribution in [0.2, 0.25) is 0 Å². The molecule has 0 aromatic carbocycles. The third-order valence-corrected chi connectivity index (χ3v) is 5.18. The van der Waals surface area contributed by atoms with Gasteiger partial charge in [0.25, 0.3) is 0 Å².